The molecule has 2 aromatic rings. The highest BCUT2D eigenvalue weighted by molar-refractivity contribution is 7.89. The van der Waals surface area contributed by atoms with Crippen molar-refractivity contribution in [2.45, 2.75) is 43.1 Å². The van der Waals surface area contributed by atoms with E-state index in [9.17, 15) is 13.2 Å². The van der Waals surface area contributed by atoms with Crippen LogP contribution in [0.25, 0.3) is 0 Å². The van der Waals surface area contributed by atoms with Crippen molar-refractivity contribution in [3.63, 3.8) is 0 Å². The molecule has 1 N–H and O–H groups in total. The Bertz CT molecular complexity index is 933. The van der Waals surface area contributed by atoms with Gasteiger partial charge in [0.05, 0.1) is 11.4 Å². The van der Waals surface area contributed by atoms with Crippen LogP contribution in [-0.2, 0) is 20.4 Å². The minimum Gasteiger partial charge on any atom is -0.372 e. The van der Waals surface area contributed by atoms with Crippen molar-refractivity contribution in [2.75, 3.05) is 26.7 Å². The Morgan fingerprint density at radius 1 is 1.03 bits per heavy atom. The van der Waals surface area contributed by atoms with E-state index in [1.165, 1.54) is 16.4 Å². The highest BCUT2D eigenvalue weighted by Crippen LogP contribution is 2.28. The number of piperidine rings is 1. The van der Waals surface area contributed by atoms with Gasteiger partial charge in [-0.1, -0.05) is 43.7 Å². The van der Waals surface area contributed by atoms with E-state index in [4.69, 9.17) is 4.74 Å². The van der Waals surface area contributed by atoms with Crippen molar-refractivity contribution in [1.82, 2.24) is 9.62 Å². The smallest absolute Gasteiger partial charge is 0.251 e. The van der Waals surface area contributed by atoms with Crippen LogP contribution in [0.4, 0.5) is 0 Å². The fourth-order valence-electron chi connectivity index (χ4n) is 3.87. The van der Waals surface area contributed by atoms with Crippen LogP contribution in [0.1, 0.15) is 48.5 Å². The molecule has 0 saturated carbocycles. The van der Waals surface area contributed by atoms with Gasteiger partial charge in [-0.3, -0.25) is 4.79 Å². The summed E-state index contributed by atoms with van der Waals surface area (Å²) < 4.78 is 32.9. The van der Waals surface area contributed by atoms with Crippen molar-refractivity contribution < 1.29 is 17.9 Å². The summed E-state index contributed by atoms with van der Waals surface area (Å²) in [5.74, 6) is -0.261. The summed E-state index contributed by atoms with van der Waals surface area (Å²) >= 11 is 0. The van der Waals surface area contributed by atoms with Crippen molar-refractivity contribution in [3.05, 3.63) is 65.7 Å². The maximum Gasteiger partial charge on any atom is 0.251 e. The van der Waals surface area contributed by atoms with Crippen LogP contribution in [-0.4, -0.2) is 45.4 Å². The summed E-state index contributed by atoms with van der Waals surface area (Å²) in [7, 11) is -1.86. The molecule has 6 nitrogen and oxygen atoms in total. The fraction of sp³-hybridized carbons (Fsp3) is 0.435. The largest absolute Gasteiger partial charge is 0.372 e. The van der Waals surface area contributed by atoms with E-state index in [-0.39, 0.29) is 10.8 Å². The number of amides is 1. The molecule has 0 spiro atoms. The van der Waals surface area contributed by atoms with E-state index in [1.807, 2.05) is 37.3 Å². The number of methoxy groups -OCH3 is 1. The van der Waals surface area contributed by atoms with Gasteiger partial charge >= 0.3 is 0 Å². The van der Waals surface area contributed by atoms with Gasteiger partial charge in [0.1, 0.15) is 5.60 Å². The monoisotopic (exact) mass is 430 g/mol. The molecule has 1 aliphatic rings. The Labute approximate surface area is 179 Å². The van der Waals surface area contributed by atoms with Gasteiger partial charge in [0.2, 0.25) is 10.0 Å². The maximum atomic E-state index is 12.8. The van der Waals surface area contributed by atoms with Crippen molar-refractivity contribution in [3.8, 4) is 0 Å². The number of hydrogen-bond donors (Lipinski definition) is 1. The zero-order chi connectivity index (χ0) is 21.6. The second-order valence-electron chi connectivity index (χ2n) is 7.59. The molecule has 30 heavy (non-hydrogen) atoms. The van der Waals surface area contributed by atoms with Crippen molar-refractivity contribution >= 4 is 15.9 Å². The predicted octanol–water partition coefficient (Wildman–Crippen LogP) is 3.54. The lowest BCUT2D eigenvalue weighted by atomic mass is 9.90. The van der Waals surface area contributed by atoms with Gasteiger partial charge in [0, 0.05) is 25.8 Å². The van der Waals surface area contributed by atoms with Gasteiger partial charge in [-0.2, -0.15) is 4.31 Å². The molecule has 1 unspecified atom stereocenters. The molecule has 3 rings (SSSR count). The average Bonchev–Trinajstić information content (AvgIpc) is 2.81. The number of benzene rings is 2. The topological polar surface area (TPSA) is 75.7 Å². The zero-order valence-electron chi connectivity index (χ0n) is 17.6. The molecule has 2 aromatic carbocycles. The molecule has 0 aromatic heterocycles. The quantitative estimate of drug-likeness (QED) is 0.695. The summed E-state index contributed by atoms with van der Waals surface area (Å²) in [6.45, 7) is 3.44. The van der Waals surface area contributed by atoms with Crippen molar-refractivity contribution in [1.29, 1.82) is 0 Å². The third kappa shape index (κ3) is 4.74. The molecule has 1 aliphatic heterocycles. The van der Waals surface area contributed by atoms with Gasteiger partial charge in [0.15, 0.2) is 0 Å². The second kappa shape index (κ2) is 9.73. The second-order valence-corrected chi connectivity index (χ2v) is 9.53. The predicted molar refractivity (Wildman–Crippen MR) is 117 cm³/mol. The van der Waals surface area contributed by atoms with E-state index < -0.39 is 15.6 Å². The maximum absolute atomic E-state index is 12.8. The summed E-state index contributed by atoms with van der Waals surface area (Å²) in [5.41, 5.74) is 0.800. The number of carbonyl (C=O) groups is 1. The third-order valence-corrected chi connectivity index (χ3v) is 7.78. The average molecular weight is 431 g/mol. The Kier molecular flexibility index (Phi) is 7.28. The Morgan fingerprint density at radius 2 is 1.67 bits per heavy atom. The summed E-state index contributed by atoms with van der Waals surface area (Å²) in [6.07, 6.45) is 3.54. The van der Waals surface area contributed by atoms with Crippen LogP contribution < -0.4 is 5.32 Å². The van der Waals surface area contributed by atoms with E-state index in [0.29, 0.717) is 31.6 Å². The van der Waals surface area contributed by atoms with Crippen molar-refractivity contribution in [2.24, 2.45) is 0 Å². The molecule has 1 amide bonds. The molecule has 1 atom stereocenters. The van der Waals surface area contributed by atoms with Gasteiger partial charge < -0.3 is 10.1 Å². The van der Waals surface area contributed by atoms with E-state index >= 15 is 0 Å². The standard InChI is InChI=1S/C23H30N2O4S/c1-3-23(29-2,20-10-6-4-7-11-20)18-24-22(26)19-12-14-21(15-13-19)30(27,28)25-16-8-5-9-17-25/h4,6-7,10-15H,3,5,8-9,16-18H2,1-2H3,(H,24,26). The zero-order valence-corrected chi connectivity index (χ0v) is 18.5. The molecule has 1 fully saturated rings. The third-order valence-electron chi connectivity index (χ3n) is 5.87. The lowest BCUT2D eigenvalue weighted by Crippen LogP contribution is -2.42. The van der Waals surface area contributed by atoms with Crippen LogP contribution in [0, 0.1) is 0 Å². The number of nitrogens with zero attached hydrogens (tertiary/aromatic N) is 1. The Hall–Kier alpha value is -2.22. The first-order chi connectivity index (χ1) is 14.4. The van der Waals surface area contributed by atoms with Crippen LogP contribution in [0.2, 0.25) is 0 Å². The number of hydrogen-bond acceptors (Lipinski definition) is 4. The lowest BCUT2D eigenvalue weighted by molar-refractivity contribution is -0.0164. The van der Waals surface area contributed by atoms with Crippen LogP contribution in [0.15, 0.2) is 59.5 Å². The SMILES string of the molecule is CCC(CNC(=O)c1ccc(S(=O)(=O)N2CCCCC2)cc1)(OC)c1ccccc1. The molecule has 162 valence electrons. The van der Waals surface area contributed by atoms with E-state index in [1.54, 1.807) is 19.2 Å². The summed E-state index contributed by atoms with van der Waals surface area (Å²) in [5, 5.41) is 2.94. The number of nitrogens with one attached hydrogen (secondary N) is 1. The number of carbonyl (C=O) groups excluding carboxylic acids is 1. The molecular formula is C23H30N2O4S. The molecule has 1 saturated heterocycles. The highest BCUT2D eigenvalue weighted by Gasteiger charge is 2.31. The van der Waals surface area contributed by atoms with E-state index in [2.05, 4.69) is 5.32 Å². The van der Waals surface area contributed by atoms with Gasteiger partial charge in [0.25, 0.3) is 5.91 Å². The fourth-order valence-corrected chi connectivity index (χ4v) is 5.38. The van der Waals surface area contributed by atoms with E-state index in [0.717, 1.165) is 24.8 Å². The van der Waals surface area contributed by atoms with Gasteiger partial charge in [-0.05, 0) is 49.1 Å². The minimum absolute atomic E-state index is 0.227. The Balaban J connectivity index is 1.70. The molecular weight excluding hydrogens is 400 g/mol. The molecule has 7 heteroatoms. The normalized spacial score (nSPS) is 17.3. The first kappa shape index (κ1) is 22.5. The molecule has 0 aliphatic carbocycles. The highest BCUT2D eigenvalue weighted by atomic mass is 32.2. The van der Waals surface area contributed by atoms with Crippen LogP contribution in [0.5, 0.6) is 0 Å². The lowest BCUT2D eigenvalue weighted by Gasteiger charge is -2.32. The molecule has 1 heterocycles. The number of ether oxygens (including phenoxy) is 1. The minimum atomic E-state index is -3.50. The molecule has 0 radical (unpaired) electrons. The Morgan fingerprint density at radius 3 is 2.23 bits per heavy atom. The van der Waals surface area contributed by atoms with Gasteiger partial charge in [-0.15, -0.1) is 0 Å². The first-order valence-corrected chi connectivity index (χ1v) is 11.9. The van der Waals surface area contributed by atoms with Crippen LogP contribution >= 0.6 is 0 Å². The number of sulfonamides is 1. The summed E-state index contributed by atoms with van der Waals surface area (Å²) in [6, 6.07) is 16.0. The van der Waals surface area contributed by atoms with Crippen LogP contribution in [0.3, 0.4) is 0 Å². The molecule has 0 bridgehead atoms. The van der Waals surface area contributed by atoms with Gasteiger partial charge in [-0.25, -0.2) is 8.42 Å². The summed E-state index contributed by atoms with van der Waals surface area (Å²) in [4.78, 5) is 12.9. The first-order valence-electron chi connectivity index (χ1n) is 10.4. The number of rotatable bonds is 8.